The fourth-order valence-electron chi connectivity index (χ4n) is 5.58. The number of alkyl halides is 1. The molecule has 2 heterocycles. The van der Waals surface area contributed by atoms with Crippen LogP contribution in [-0.4, -0.2) is 48.3 Å². The van der Waals surface area contributed by atoms with Crippen LogP contribution in [0.4, 0.5) is 19.0 Å². The molecule has 0 aliphatic carbocycles. The van der Waals surface area contributed by atoms with Gasteiger partial charge in [-0.2, -0.15) is 0 Å². The van der Waals surface area contributed by atoms with Gasteiger partial charge < -0.3 is 19.6 Å². The zero-order chi connectivity index (χ0) is 31.9. The Kier molecular flexibility index (Phi) is 9.42. The van der Waals surface area contributed by atoms with Crippen molar-refractivity contribution in [3.05, 3.63) is 155 Å². The molecule has 1 atom stereocenters. The molecular formula is C37H32F3N3O3. The van der Waals surface area contributed by atoms with Gasteiger partial charge in [0.25, 0.3) is 0 Å². The van der Waals surface area contributed by atoms with Gasteiger partial charge in [-0.1, -0.05) is 114 Å². The molecule has 1 fully saturated rings. The van der Waals surface area contributed by atoms with E-state index in [0.29, 0.717) is 5.71 Å². The van der Waals surface area contributed by atoms with Crippen LogP contribution in [-0.2, 0) is 21.8 Å². The van der Waals surface area contributed by atoms with Gasteiger partial charge in [0, 0.05) is 22.9 Å². The molecule has 234 valence electrons. The highest BCUT2D eigenvalue weighted by Gasteiger charge is 2.38. The lowest BCUT2D eigenvalue weighted by molar-refractivity contribution is -0.0372. The largest absolute Gasteiger partial charge is 0.393 e. The fraction of sp³-hybridized carbons (Fsp3) is 0.189. The van der Waals surface area contributed by atoms with Crippen LogP contribution in [0, 0.1) is 11.6 Å². The van der Waals surface area contributed by atoms with E-state index in [9.17, 15) is 13.9 Å². The smallest absolute Gasteiger partial charge is 0.166 e. The third kappa shape index (κ3) is 6.38. The first-order valence-electron chi connectivity index (χ1n) is 14.9. The highest BCUT2D eigenvalue weighted by molar-refractivity contribution is 5.99. The predicted octanol–water partition coefficient (Wildman–Crippen LogP) is 7.06. The fourth-order valence-corrected chi connectivity index (χ4v) is 5.58. The van der Waals surface area contributed by atoms with Gasteiger partial charge in [0.05, 0.1) is 32.0 Å². The molecule has 0 amide bonds. The molecule has 0 radical (unpaired) electrons. The topological polar surface area (TPSA) is 67.2 Å². The van der Waals surface area contributed by atoms with Gasteiger partial charge in [0.15, 0.2) is 24.4 Å². The summed E-state index contributed by atoms with van der Waals surface area (Å²) in [6.45, 7) is -0.525. The van der Waals surface area contributed by atoms with Gasteiger partial charge in [0.2, 0.25) is 0 Å². The number of oxime groups is 1. The van der Waals surface area contributed by atoms with Crippen molar-refractivity contribution in [2.24, 2.45) is 5.16 Å². The first-order chi connectivity index (χ1) is 22.5. The quantitative estimate of drug-likeness (QED) is 0.119. The Morgan fingerprint density at radius 2 is 1.39 bits per heavy atom. The Morgan fingerprint density at radius 3 is 1.93 bits per heavy atom. The molecule has 6 nitrogen and oxygen atoms in total. The summed E-state index contributed by atoms with van der Waals surface area (Å²) in [5.41, 5.74) is 2.70. The van der Waals surface area contributed by atoms with E-state index in [0.717, 1.165) is 16.7 Å². The Morgan fingerprint density at radius 1 is 0.804 bits per heavy atom. The van der Waals surface area contributed by atoms with Crippen LogP contribution in [0.3, 0.4) is 0 Å². The van der Waals surface area contributed by atoms with Crippen molar-refractivity contribution < 1.29 is 27.9 Å². The molecule has 6 rings (SSSR count). The van der Waals surface area contributed by atoms with Gasteiger partial charge in [-0.15, -0.1) is 0 Å². The summed E-state index contributed by atoms with van der Waals surface area (Å²) in [5, 5.41) is 13.4. The second-order valence-corrected chi connectivity index (χ2v) is 11.0. The normalized spacial score (nSPS) is 13.7. The highest BCUT2D eigenvalue weighted by atomic mass is 19.1. The summed E-state index contributed by atoms with van der Waals surface area (Å²) in [5.74, 6) is -1.14. The molecule has 5 aromatic rings. The van der Waals surface area contributed by atoms with E-state index in [1.165, 1.54) is 24.4 Å². The average Bonchev–Trinajstić information content (AvgIpc) is 3.08. The van der Waals surface area contributed by atoms with Crippen molar-refractivity contribution in [3.8, 4) is 11.1 Å². The molecular weight excluding hydrogens is 591 g/mol. The molecule has 1 saturated heterocycles. The number of hydrogen-bond acceptors (Lipinski definition) is 6. The van der Waals surface area contributed by atoms with Crippen LogP contribution < -0.4 is 4.90 Å². The monoisotopic (exact) mass is 623 g/mol. The number of pyridine rings is 1. The summed E-state index contributed by atoms with van der Waals surface area (Å²) in [6.07, 6.45) is -0.0926. The maximum Gasteiger partial charge on any atom is 0.166 e. The number of aliphatic hydroxyl groups is 1. The minimum Gasteiger partial charge on any atom is -0.393 e. The molecule has 1 aromatic heterocycles. The SMILES string of the molecule is OCc1cccc(-c2cnc(N3CC(=NOCC(F)COC(c4ccccc4)(c4ccccc4)c4ccccc4)C3)c(F)c2)c1F. The lowest BCUT2D eigenvalue weighted by atomic mass is 9.80. The summed E-state index contributed by atoms with van der Waals surface area (Å²) in [6, 6.07) is 34.9. The lowest BCUT2D eigenvalue weighted by Gasteiger charge is -2.36. The number of benzene rings is 4. The number of anilines is 1. The molecule has 1 aliphatic heterocycles. The minimum absolute atomic E-state index is 0.0947. The molecule has 1 aliphatic rings. The molecule has 1 N–H and O–H groups in total. The van der Waals surface area contributed by atoms with Gasteiger partial charge in [-0.3, -0.25) is 0 Å². The van der Waals surface area contributed by atoms with Crippen molar-refractivity contribution >= 4 is 11.5 Å². The summed E-state index contributed by atoms with van der Waals surface area (Å²) < 4.78 is 51.3. The van der Waals surface area contributed by atoms with Crippen LogP contribution in [0.2, 0.25) is 0 Å². The van der Waals surface area contributed by atoms with Crippen molar-refractivity contribution in [3.63, 3.8) is 0 Å². The van der Waals surface area contributed by atoms with E-state index in [2.05, 4.69) is 10.1 Å². The van der Waals surface area contributed by atoms with Crippen molar-refractivity contribution in [2.45, 2.75) is 18.4 Å². The molecule has 4 aromatic carbocycles. The minimum atomic E-state index is -1.48. The molecule has 0 spiro atoms. The average molecular weight is 624 g/mol. The Balaban J connectivity index is 1.08. The van der Waals surface area contributed by atoms with Gasteiger partial charge in [-0.25, -0.2) is 18.2 Å². The van der Waals surface area contributed by atoms with Crippen LogP contribution >= 0.6 is 0 Å². The predicted molar refractivity (Wildman–Crippen MR) is 171 cm³/mol. The van der Waals surface area contributed by atoms with Crippen LogP contribution in [0.1, 0.15) is 22.3 Å². The zero-order valence-electron chi connectivity index (χ0n) is 24.9. The number of hydrogen-bond donors (Lipinski definition) is 1. The van der Waals surface area contributed by atoms with E-state index in [-0.39, 0.29) is 48.8 Å². The number of aromatic nitrogens is 1. The Labute approximate surface area is 265 Å². The third-order valence-electron chi connectivity index (χ3n) is 7.90. The van der Waals surface area contributed by atoms with E-state index in [1.807, 2.05) is 91.0 Å². The van der Waals surface area contributed by atoms with Crippen molar-refractivity contribution in [1.29, 1.82) is 0 Å². The zero-order valence-corrected chi connectivity index (χ0v) is 24.9. The summed E-state index contributed by atoms with van der Waals surface area (Å²) in [4.78, 5) is 11.2. The maximum atomic E-state index is 15.3. The van der Waals surface area contributed by atoms with Crippen molar-refractivity contribution in [1.82, 2.24) is 4.98 Å². The molecule has 1 unspecified atom stereocenters. The Bertz CT molecular complexity index is 1690. The molecule has 46 heavy (non-hydrogen) atoms. The van der Waals surface area contributed by atoms with Gasteiger partial charge in [0.1, 0.15) is 11.4 Å². The number of aliphatic hydroxyl groups excluding tert-OH is 1. The first-order valence-corrected chi connectivity index (χ1v) is 14.9. The number of nitrogens with zero attached hydrogens (tertiary/aromatic N) is 3. The number of halogens is 3. The summed E-state index contributed by atoms with van der Waals surface area (Å²) >= 11 is 0. The second-order valence-electron chi connectivity index (χ2n) is 11.0. The standard InChI is InChI=1S/C37H32F3N3O3/c38-31(24-45-37(28-12-4-1-5-13-28,29-14-6-2-7-15-29)30-16-8-3-9-17-30)25-46-42-32-21-43(22-32)36-34(39)19-27(20-41-36)33-18-10-11-26(23-44)35(33)40/h1-20,31,44H,21-25H2. The second kappa shape index (κ2) is 14.0. The highest BCUT2D eigenvalue weighted by Crippen LogP contribution is 2.40. The van der Waals surface area contributed by atoms with E-state index in [4.69, 9.17) is 9.57 Å². The first kappa shape index (κ1) is 31.0. The Hall–Kier alpha value is -4.99. The number of ether oxygens (including phenoxy) is 1. The van der Waals surface area contributed by atoms with Gasteiger partial charge >= 0.3 is 0 Å². The van der Waals surface area contributed by atoms with E-state index in [1.54, 1.807) is 11.0 Å². The third-order valence-corrected chi connectivity index (χ3v) is 7.90. The summed E-state index contributed by atoms with van der Waals surface area (Å²) in [7, 11) is 0. The lowest BCUT2D eigenvalue weighted by Crippen LogP contribution is -2.48. The van der Waals surface area contributed by atoms with Gasteiger partial charge in [-0.05, 0) is 22.8 Å². The van der Waals surface area contributed by atoms with E-state index < -0.39 is 30.0 Å². The van der Waals surface area contributed by atoms with Crippen LogP contribution in [0.15, 0.2) is 127 Å². The molecule has 0 saturated carbocycles. The molecule has 0 bridgehead atoms. The number of rotatable bonds is 12. The molecule has 9 heteroatoms. The maximum absolute atomic E-state index is 15.3. The van der Waals surface area contributed by atoms with Crippen LogP contribution in [0.5, 0.6) is 0 Å². The van der Waals surface area contributed by atoms with Crippen LogP contribution in [0.25, 0.3) is 11.1 Å². The van der Waals surface area contributed by atoms with Crippen molar-refractivity contribution in [2.75, 3.05) is 31.2 Å². The van der Waals surface area contributed by atoms with E-state index >= 15 is 4.39 Å².